The third-order valence-electron chi connectivity index (χ3n) is 7.03. The van der Waals surface area contributed by atoms with Crippen molar-refractivity contribution in [3.8, 4) is 17.9 Å². The molecule has 0 aliphatic carbocycles. The van der Waals surface area contributed by atoms with E-state index in [1.807, 2.05) is 18.2 Å². The fourth-order valence-electron chi connectivity index (χ4n) is 5.08. The van der Waals surface area contributed by atoms with Gasteiger partial charge in [0.25, 0.3) is 5.69 Å². The summed E-state index contributed by atoms with van der Waals surface area (Å²) in [5, 5.41) is 61.4. The van der Waals surface area contributed by atoms with Crippen LogP contribution in [0.3, 0.4) is 0 Å². The second-order valence-corrected chi connectivity index (χ2v) is 12.0. The van der Waals surface area contributed by atoms with Crippen molar-refractivity contribution in [2.45, 2.75) is 66.2 Å². The van der Waals surface area contributed by atoms with E-state index in [0.29, 0.717) is 55.5 Å². The Labute approximate surface area is 260 Å². The molecule has 238 valence electrons. The van der Waals surface area contributed by atoms with Gasteiger partial charge < -0.3 is 25.2 Å². The molecule has 0 aromatic heterocycles. The van der Waals surface area contributed by atoms with Gasteiger partial charge in [-0.2, -0.15) is 10.5 Å². The molecule has 2 aromatic carbocycles. The van der Waals surface area contributed by atoms with E-state index in [9.17, 15) is 30.9 Å². The standard InChI is InChI=1S/C32H45N7O5/c1-23(20-32(2,3)4)10-11-35-27-18-29(38(12-6-8-14-40)13-7-9-15-41)30(44-5)19-28(27)36-37-31-24(21-33)16-26(39(42)43)17-25(31)22-34/h16-19,23,35,40-41H,6-15,20H2,1-5H3. The minimum atomic E-state index is -0.665. The molecule has 44 heavy (non-hydrogen) atoms. The number of azo groups is 1. The molecule has 0 saturated carbocycles. The van der Waals surface area contributed by atoms with Crippen molar-refractivity contribution in [2.75, 3.05) is 50.2 Å². The summed E-state index contributed by atoms with van der Waals surface area (Å²) >= 11 is 0. The minimum Gasteiger partial charge on any atom is -0.494 e. The van der Waals surface area contributed by atoms with Crippen LogP contribution in [0.25, 0.3) is 0 Å². The summed E-state index contributed by atoms with van der Waals surface area (Å²) in [7, 11) is 1.55. The number of hydrogen-bond acceptors (Lipinski definition) is 11. The zero-order chi connectivity index (χ0) is 32.7. The van der Waals surface area contributed by atoms with E-state index in [4.69, 9.17) is 4.74 Å². The Kier molecular flexibility index (Phi) is 14.5. The lowest BCUT2D eigenvalue weighted by Crippen LogP contribution is -2.26. The number of aliphatic hydroxyl groups excluding tert-OH is 2. The number of methoxy groups -OCH3 is 1. The molecule has 1 unspecified atom stereocenters. The lowest BCUT2D eigenvalue weighted by atomic mass is 9.84. The molecule has 2 rings (SSSR count). The van der Waals surface area contributed by atoms with Crippen LogP contribution in [0.1, 0.15) is 77.3 Å². The summed E-state index contributed by atoms with van der Waals surface area (Å²) in [6.45, 7) is 11.1. The van der Waals surface area contributed by atoms with Gasteiger partial charge in [-0.3, -0.25) is 10.1 Å². The largest absolute Gasteiger partial charge is 0.494 e. The van der Waals surface area contributed by atoms with Crippen LogP contribution in [-0.2, 0) is 0 Å². The van der Waals surface area contributed by atoms with Crippen LogP contribution in [0.2, 0.25) is 0 Å². The van der Waals surface area contributed by atoms with Gasteiger partial charge in [0.05, 0.1) is 34.5 Å². The third-order valence-corrected chi connectivity index (χ3v) is 7.03. The molecule has 0 aliphatic rings. The lowest BCUT2D eigenvalue weighted by Gasteiger charge is -2.28. The molecule has 0 bridgehead atoms. The number of hydrogen-bond donors (Lipinski definition) is 3. The second-order valence-electron chi connectivity index (χ2n) is 12.0. The smallest absolute Gasteiger partial charge is 0.272 e. The van der Waals surface area contributed by atoms with Crippen LogP contribution in [0.5, 0.6) is 5.75 Å². The summed E-state index contributed by atoms with van der Waals surface area (Å²) in [5.41, 5.74) is 1.41. The van der Waals surface area contributed by atoms with Gasteiger partial charge in [0, 0.05) is 51.0 Å². The maximum absolute atomic E-state index is 11.3. The Hall–Kier alpha value is -4.26. The van der Waals surface area contributed by atoms with Gasteiger partial charge in [-0.1, -0.05) is 27.7 Å². The summed E-state index contributed by atoms with van der Waals surface area (Å²) in [6.07, 6.45) is 4.81. The quantitative estimate of drug-likeness (QED) is 0.0696. The minimum absolute atomic E-state index is 0.0528. The van der Waals surface area contributed by atoms with Gasteiger partial charge in [0.2, 0.25) is 0 Å². The highest BCUT2D eigenvalue weighted by atomic mass is 16.6. The Morgan fingerprint density at radius 1 is 1.02 bits per heavy atom. The van der Waals surface area contributed by atoms with Gasteiger partial charge in [-0.15, -0.1) is 10.2 Å². The van der Waals surface area contributed by atoms with E-state index in [2.05, 4.69) is 48.1 Å². The first-order chi connectivity index (χ1) is 21.0. The Morgan fingerprint density at radius 3 is 2.09 bits per heavy atom. The number of nitro benzene ring substituents is 1. The molecule has 3 N–H and O–H groups in total. The van der Waals surface area contributed by atoms with E-state index in [-0.39, 0.29) is 41.1 Å². The van der Waals surface area contributed by atoms with Gasteiger partial charge >= 0.3 is 0 Å². The van der Waals surface area contributed by atoms with Crippen LogP contribution in [0.15, 0.2) is 34.5 Å². The number of rotatable bonds is 18. The van der Waals surface area contributed by atoms with Crippen LogP contribution in [-0.4, -0.2) is 55.1 Å². The van der Waals surface area contributed by atoms with Crippen molar-refractivity contribution >= 4 is 28.4 Å². The number of nitrogens with one attached hydrogen (secondary N) is 1. The number of aliphatic hydroxyl groups is 2. The van der Waals surface area contributed by atoms with Crippen molar-refractivity contribution in [3.63, 3.8) is 0 Å². The summed E-state index contributed by atoms with van der Waals surface area (Å²) < 4.78 is 5.77. The summed E-state index contributed by atoms with van der Waals surface area (Å²) in [5.74, 6) is 0.999. The van der Waals surface area contributed by atoms with E-state index < -0.39 is 4.92 Å². The number of nitrogens with zero attached hydrogens (tertiary/aromatic N) is 6. The van der Waals surface area contributed by atoms with E-state index in [1.54, 1.807) is 13.2 Å². The number of unbranched alkanes of at least 4 members (excludes halogenated alkanes) is 2. The molecule has 0 fully saturated rings. The second kappa shape index (κ2) is 17.8. The van der Waals surface area contributed by atoms with Crippen molar-refractivity contribution < 1.29 is 19.9 Å². The van der Waals surface area contributed by atoms with E-state index in [1.165, 1.54) is 0 Å². The Bertz CT molecular complexity index is 1310. The molecule has 0 saturated heterocycles. The normalized spacial score (nSPS) is 12.0. The zero-order valence-electron chi connectivity index (χ0n) is 26.5. The highest BCUT2D eigenvalue weighted by Gasteiger charge is 2.20. The fourth-order valence-corrected chi connectivity index (χ4v) is 5.08. The third kappa shape index (κ3) is 11.1. The van der Waals surface area contributed by atoms with Crippen LogP contribution in [0.4, 0.5) is 28.4 Å². The van der Waals surface area contributed by atoms with Crippen molar-refractivity contribution in [1.82, 2.24) is 0 Å². The van der Waals surface area contributed by atoms with Crippen LogP contribution in [0, 0.1) is 44.1 Å². The molecular weight excluding hydrogens is 562 g/mol. The Morgan fingerprint density at radius 2 is 1.61 bits per heavy atom. The number of non-ortho nitro benzene ring substituents is 1. The molecule has 0 radical (unpaired) electrons. The van der Waals surface area contributed by atoms with Crippen molar-refractivity contribution in [2.24, 2.45) is 21.6 Å². The van der Waals surface area contributed by atoms with Crippen LogP contribution < -0.4 is 15.0 Å². The molecule has 0 heterocycles. The van der Waals surface area contributed by atoms with Gasteiger partial charge in [-0.05, 0) is 55.9 Å². The lowest BCUT2D eigenvalue weighted by molar-refractivity contribution is -0.384. The number of nitriles is 2. The number of benzene rings is 2. The summed E-state index contributed by atoms with van der Waals surface area (Å²) in [6, 6.07) is 9.59. The Balaban J connectivity index is 2.60. The van der Waals surface area contributed by atoms with Gasteiger partial charge in [0.15, 0.2) is 0 Å². The topological polar surface area (TPSA) is 180 Å². The van der Waals surface area contributed by atoms with Crippen molar-refractivity contribution in [1.29, 1.82) is 10.5 Å². The van der Waals surface area contributed by atoms with E-state index in [0.717, 1.165) is 43.5 Å². The first kappa shape index (κ1) is 35.9. The molecule has 12 heteroatoms. The van der Waals surface area contributed by atoms with Gasteiger partial charge in [0.1, 0.15) is 29.3 Å². The molecule has 1 atom stereocenters. The number of anilines is 2. The summed E-state index contributed by atoms with van der Waals surface area (Å²) in [4.78, 5) is 12.8. The SMILES string of the molecule is COc1cc(N=Nc2c(C#N)cc([N+](=O)[O-])cc2C#N)c(NCCC(C)CC(C)(C)C)cc1N(CCCCO)CCCCO. The first-order valence-corrected chi connectivity index (χ1v) is 14.9. The average Bonchev–Trinajstić information content (AvgIpc) is 2.98. The highest BCUT2D eigenvalue weighted by Crippen LogP contribution is 2.41. The zero-order valence-corrected chi connectivity index (χ0v) is 26.5. The number of ether oxygens (including phenoxy) is 1. The molecule has 0 spiro atoms. The highest BCUT2D eigenvalue weighted by molar-refractivity contribution is 5.77. The molecule has 2 aromatic rings. The monoisotopic (exact) mass is 607 g/mol. The first-order valence-electron chi connectivity index (χ1n) is 14.9. The van der Waals surface area contributed by atoms with Gasteiger partial charge in [-0.25, -0.2) is 0 Å². The van der Waals surface area contributed by atoms with E-state index >= 15 is 0 Å². The van der Waals surface area contributed by atoms with Crippen molar-refractivity contribution in [3.05, 3.63) is 45.5 Å². The predicted molar refractivity (Wildman–Crippen MR) is 171 cm³/mol. The predicted octanol–water partition coefficient (Wildman–Crippen LogP) is 6.99. The molecular formula is C32H45N7O5. The maximum Gasteiger partial charge on any atom is 0.272 e. The number of nitro groups is 1. The molecule has 0 aliphatic heterocycles. The molecule has 0 amide bonds. The fraction of sp³-hybridized carbons (Fsp3) is 0.562. The van der Waals surface area contributed by atoms with Crippen LogP contribution >= 0.6 is 0 Å². The molecule has 12 nitrogen and oxygen atoms in total. The average molecular weight is 608 g/mol. The maximum atomic E-state index is 11.3.